The van der Waals surface area contributed by atoms with Gasteiger partial charge in [0.25, 0.3) is 0 Å². The normalized spacial score (nSPS) is 10.3. The van der Waals surface area contributed by atoms with Crippen LogP contribution < -0.4 is 0 Å². The highest BCUT2D eigenvalue weighted by Crippen LogP contribution is 2.36. The standard InChI is InChI=1S/C16H9N3O2S/c1-9(20)15-12-5-10(7-17)11(8-18)6-13(12)19(21)16(15)14-3-2-4-22-14/h2-6,21H,1H3. The molecule has 2 aromatic heterocycles. The van der Waals surface area contributed by atoms with E-state index in [1.807, 2.05) is 23.6 Å². The third-order valence-corrected chi connectivity index (χ3v) is 4.31. The van der Waals surface area contributed by atoms with Crippen molar-refractivity contribution >= 4 is 28.0 Å². The number of Topliss-reactive ketones (excluding diaryl/α,β-unsaturated/α-hetero) is 1. The molecule has 106 valence electrons. The van der Waals surface area contributed by atoms with Crippen molar-refractivity contribution in [3.63, 3.8) is 0 Å². The van der Waals surface area contributed by atoms with Gasteiger partial charge < -0.3 is 5.21 Å². The van der Waals surface area contributed by atoms with Gasteiger partial charge in [0.1, 0.15) is 17.8 Å². The Morgan fingerprint density at radius 1 is 1.27 bits per heavy atom. The number of nitriles is 2. The zero-order chi connectivity index (χ0) is 15.9. The van der Waals surface area contributed by atoms with Crippen LogP contribution >= 0.6 is 11.3 Å². The van der Waals surface area contributed by atoms with Crippen molar-refractivity contribution in [3.8, 4) is 22.7 Å². The topological polar surface area (TPSA) is 89.8 Å². The third-order valence-electron chi connectivity index (χ3n) is 3.43. The van der Waals surface area contributed by atoms with Crippen molar-refractivity contribution in [1.29, 1.82) is 10.5 Å². The summed E-state index contributed by atoms with van der Waals surface area (Å²) in [6.07, 6.45) is 0. The van der Waals surface area contributed by atoms with E-state index in [4.69, 9.17) is 10.5 Å². The smallest absolute Gasteiger partial charge is 0.162 e. The molecule has 3 rings (SSSR count). The van der Waals surface area contributed by atoms with Gasteiger partial charge in [0.15, 0.2) is 5.78 Å². The second-order valence-electron chi connectivity index (χ2n) is 4.71. The largest absolute Gasteiger partial charge is 0.428 e. The van der Waals surface area contributed by atoms with Crippen LogP contribution in [0.2, 0.25) is 0 Å². The molecule has 0 aliphatic carbocycles. The first-order valence-corrected chi connectivity index (χ1v) is 7.23. The number of thiophene rings is 1. The Kier molecular flexibility index (Phi) is 3.17. The Labute approximate surface area is 129 Å². The Morgan fingerprint density at radius 3 is 2.50 bits per heavy atom. The lowest BCUT2D eigenvalue weighted by Crippen LogP contribution is -1.97. The molecule has 22 heavy (non-hydrogen) atoms. The van der Waals surface area contributed by atoms with E-state index in [1.54, 1.807) is 6.07 Å². The third kappa shape index (κ3) is 1.86. The molecule has 0 spiro atoms. The van der Waals surface area contributed by atoms with E-state index in [0.717, 1.165) is 9.61 Å². The SMILES string of the molecule is CC(=O)c1c(-c2cccs2)n(O)c2cc(C#N)c(C#N)cc12. The lowest BCUT2D eigenvalue weighted by atomic mass is 10.0. The van der Waals surface area contributed by atoms with Gasteiger partial charge in [-0.1, -0.05) is 6.07 Å². The number of carbonyl (C=O) groups excluding carboxylic acids is 1. The van der Waals surface area contributed by atoms with Crippen LogP contribution in [-0.4, -0.2) is 15.7 Å². The van der Waals surface area contributed by atoms with Crippen molar-refractivity contribution in [2.75, 3.05) is 0 Å². The molecular weight excluding hydrogens is 298 g/mol. The summed E-state index contributed by atoms with van der Waals surface area (Å²) in [6, 6.07) is 10.4. The number of benzene rings is 1. The number of hydrogen-bond acceptors (Lipinski definition) is 5. The van der Waals surface area contributed by atoms with Crippen LogP contribution in [0.5, 0.6) is 0 Å². The van der Waals surface area contributed by atoms with Gasteiger partial charge >= 0.3 is 0 Å². The minimum atomic E-state index is -0.213. The Morgan fingerprint density at radius 2 is 1.95 bits per heavy atom. The van der Waals surface area contributed by atoms with Crippen molar-refractivity contribution in [2.24, 2.45) is 0 Å². The lowest BCUT2D eigenvalue weighted by molar-refractivity contribution is 0.101. The monoisotopic (exact) mass is 307 g/mol. The summed E-state index contributed by atoms with van der Waals surface area (Å²) < 4.78 is 0.917. The molecule has 0 atom stereocenters. The maximum absolute atomic E-state index is 12.1. The van der Waals surface area contributed by atoms with Gasteiger partial charge in [-0.05, 0) is 30.5 Å². The van der Waals surface area contributed by atoms with Gasteiger partial charge in [-0.3, -0.25) is 4.79 Å². The molecule has 0 bridgehead atoms. The fourth-order valence-corrected chi connectivity index (χ4v) is 3.26. The molecule has 1 aromatic carbocycles. The number of rotatable bonds is 2. The van der Waals surface area contributed by atoms with Gasteiger partial charge in [0, 0.05) is 5.39 Å². The Balaban J connectivity index is 2.50. The van der Waals surface area contributed by atoms with Crippen LogP contribution in [0.25, 0.3) is 21.5 Å². The second-order valence-corrected chi connectivity index (χ2v) is 5.66. The van der Waals surface area contributed by atoms with Gasteiger partial charge in [-0.25, -0.2) is 0 Å². The molecule has 0 radical (unpaired) electrons. The molecule has 0 aliphatic rings. The number of carbonyl (C=O) groups is 1. The van der Waals surface area contributed by atoms with Crippen molar-refractivity contribution in [3.05, 3.63) is 46.3 Å². The summed E-state index contributed by atoms with van der Waals surface area (Å²) in [5.74, 6) is -0.213. The second kappa shape index (κ2) is 5.03. The average molecular weight is 307 g/mol. The van der Waals surface area contributed by atoms with Crippen LogP contribution in [0.3, 0.4) is 0 Å². The summed E-state index contributed by atoms with van der Waals surface area (Å²) in [5.41, 5.74) is 1.41. The van der Waals surface area contributed by atoms with Gasteiger partial charge in [0.05, 0.1) is 27.1 Å². The molecule has 0 unspecified atom stereocenters. The van der Waals surface area contributed by atoms with E-state index in [0.29, 0.717) is 22.2 Å². The molecular formula is C16H9N3O2S. The number of ketones is 1. The van der Waals surface area contributed by atoms with Gasteiger partial charge in [0.2, 0.25) is 0 Å². The summed E-state index contributed by atoms with van der Waals surface area (Å²) in [5, 5.41) is 31.0. The van der Waals surface area contributed by atoms with E-state index >= 15 is 0 Å². The van der Waals surface area contributed by atoms with Crippen LogP contribution in [0, 0.1) is 22.7 Å². The maximum Gasteiger partial charge on any atom is 0.162 e. The highest BCUT2D eigenvalue weighted by molar-refractivity contribution is 7.13. The van der Waals surface area contributed by atoms with Crippen LogP contribution in [0.15, 0.2) is 29.6 Å². The van der Waals surface area contributed by atoms with Crippen molar-refractivity contribution < 1.29 is 10.0 Å². The highest BCUT2D eigenvalue weighted by atomic mass is 32.1. The van der Waals surface area contributed by atoms with E-state index in [2.05, 4.69) is 0 Å². The highest BCUT2D eigenvalue weighted by Gasteiger charge is 2.23. The molecule has 2 heterocycles. The molecule has 0 fully saturated rings. The first-order chi connectivity index (χ1) is 10.6. The predicted molar refractivity (Wildman–Crippen MR) is 81.9 cm³/mol. The number of fused-ring (bicyclic) bond motifs is 1. The molecule has 0 amide bonds. The van der Waals surface area contributed by atoms with E-state index < -0.39 is 0 Å². The zero-order valence-corrected chi connectivity index (χ0v) is 12.3. The van der Waals surface area contributed by atoms with Crippen LogP contribution in [0.4, 0.5) is 0 Å². The summed E-state index contributed by atoms with van der Waals surface area (Å²) in [4.78, 5) is 12.8. The first-order valence-electron chi connectivity index (χ1n) is 6.35. The first kappa shape index (κ1) is 13.9. The van der Waals surface area contributed by atoms with E-state index in [-0.39, 0.29) is 16.9 Å². The van der Waals surface area contributed by atoms with E-state index in [1.165, 1.54) is 30.4 Å². The molecule has 3 aromatic rings. The number of aromatic nitrogens is 1. The zero-order valence-electron chi connectivity index (χ0n) is 11.5. The molecule has 0 saturated heterocycles. The molecule has 6 heteroatoms. The quantitative estimate of drug-likeness (QED) is 0.579. The molecule has 1 N–H and O–H groups in total. The van der Waals surface area contributed by atoms with Crippen molar-refractivity contribution in [1.82, 2.24) is 4.73 Å². The van der Waals surface area contributed by atoms with E-state index in [9.17, 15) is 10.0 Å². The molecule has 0 saturated carbocycles. The Bertz CT molecular complexity index is 985. The molecule has 5 nitrogen and oxygen atoms in total. The Hall–Kier alpha value is -3.09. The lowest BCUT2D eigenvalue weighted by Gasteiger charge is -2.01. The van der Waals surface area contributed by atoms with Gasteiger partial charge in [-0.15, -0.1) is 11.3 Å². The minimum Gasteiger partial charge on any atom is -0.428 e. The summed E-state index contributed by atoms with van der Waals surface area (Å²) in [6.45, 7) is 1.41. The summed E-state index contributed by atoms with van der Waals surface area (Å²) >= 11 is 1.39. The fourth-order valence-electron chi connectivity index (χ4n) is 2.50. The summed E-state index contributed by atoms with van der Waals surface area (Å²) in [7, 11) is 0. The minimum absolute atomic E-state index is 0.163. The number of hydrogen-bond donors (Lipinski definition) is 1. The predicted octanol–water partition coefficient (Wildman–Crippen LogP) is 3.55. The fraction of sp³-hybridized carbons (Fsp3) is 0.0625. The maximum atomic E-state index is 12.1. The molecule has 0 aliphatic heterocycles. The van der Waals surface area contributed by atoms with Crippen LogP contribution in [0.1, 0.15) is 28.4 Å². The van der Waals surface area contributed by atoms with Gasteiger partial charge in [-0.2, -0.15) is 15.3 Å². The van der Waals surface area contributed by atoms with Crippen molar-refractivity contribution in [2.45, 2.75) is 6.92 Å². The van der Waals surface area contributed by atoms with Crippen LogP contribution in [-0.2, 0) is 0 Å². The average Bonchev–Trinajstić information content (AvgIpc) is 3.12. The number of nitrogens with zero attached hydrogens (tertiary/aromatic N) is 3.